The lowest BCUT2D eigenvalue weighted by Gasteiger charge is -2.08. The van der Waals surface area contributed by atoms with Crippen LogP contribution in [0.15, 0.2) is 78.9 Å². The third-order valence-electron chi connectivity index (χ3n) is 4.42. The van der Waals surface area contributed by atoms with E-state index in [1.807, 2.05) is 37.3 Å². The second-order valence-electron chi connectivity index (χ2n) is 6.30. The molecule has 0 saturated heterocycles. The number of hydrogen-bond acceptors (Lipinski definition) is 3. The molecule has 4 rings (SSSR count). The minimum Gasteiger partial charge on any atom is -0.399 e. The summed E-state index contributed by atoms with van der Waals surface area (Å²) in [5.41, 5.74) is 15.7. The van der Waals surface area contributed by atoms with E-state index < -0.39 is 0 Å². The molecule has 28 heavy (non-hydrogen) atoms. The minimum absolute atomic E-state index is 0.868. The molecule has 0 radical (unpaired) electrons. The number of aromatic nitrogens is 2. The van der Waals surface area contributed by atoms with E-state index in [9.17, 15) is 0 Å². The van der Waals surface area contributed by atoms with Crippen molar-refractivity contribution in [2.24, 2.45) is 5.73 Å². The third-order valence-corrected chi connectivity index (χ3v) is 4.42. The van der Waals surface area contributed by atoms with Gasteiger partial charge in [-0.15, -0.1) is 0 Å². The van der Waals surface area contributed by atoms with Crippen LogP contribution in [0.25, 0.3) is 11.0 Å². The van der Waals surface area contributed by atoms with Crippen molar-refractivity contribution in [1.82, 2.24) is 9.55 Å². The summed E-state index contributed by atoms with van der Waals surface area (Å²) in [7, 11) is 1.50. The van der Waals surface area contributed by atoms with Gasteiger partial charge in [0, 0.05) is 18.7 Å². The molecule has 0 fully saturated rings. The van der Waals surface area contributed by atoms with Gasteiger partial charge < -0.3 is 16.0 Å². The molecule has 0 unspecified atom stereocenters. The normalized spacial score (nSPS) is 9.86. The predicted octanol–water partition coefficient (Wildman–Crippen LogP) is 4.80. The Morgan fingerprint density at radius 2 is 1.43 bits per heavy atom. The maximum absolute atomic E-state index is 5.52. The number of fused-ring (bicyclic) bond motifs is 1. The Kier molecular flexibility index (Phi) is 8.25. The van der Waals surface area contributed by atoms with Crippen molar-refractivity contribution in [3.05, 3.63) is 95.8 Å². The van der Waals surface area contributed by atoms with Crippen molar-refractivity contribution < 1.29 is 0 Å². The van der Waals surface area contributed by atoms with Crippen LogP contribution in [0.2, 0.25) is 0 Å². The van der Waals surface area contributed by atoms with Gasteiger partial charge in [-0.05, 0) is 43.3 Å². The van der Waals surface area contributed by atoms with E-state index >= 15 is 0 Å². The van der Waals surface area contributed by atoms with E-state index in [0.717, 1.165) is 35.6 Å². The van der Waals surface area contributed by atoms with Crippen molar-refractivity contribution in [3.63, 3.8) is 0 Å². The Morgan fingerprint density at radius 3 is 2.04 bits per heavy atom. The van der Waals surface area contributed by atoms with Crippen molar-refractivity contribution >= 4 is 16.7 Å². The number of nitrogens with two attached hydrogens (primary N) is 2. The maximum Gasteiger partial charge on any atom is 0.109 e. The highest BCUT2D eigenvalue weighted by Gasteiger charge is 2.08. The molecule has 4 N–H and O–H groups in total. The Labute approximate surface area is 167 Å². The molecule has 0 atom stereocenters. The number of nitrogens with zero attached hydrogens (tertiary/aromatic N) is 2. The van der Waals surface area contributed by atoms with Gasteiger partial charge >= 0.3 is 0 Å². The number of benzene rings is 3. The number of anilines is 1. The highest BCUT2D eigenvalue weighted by Crippen LogP contribution is 2.18. The molecular weight excluding hydrogens is 344 g/mol. The smallest absolute Gasteiger partial charge is 0.109 e. The minimum atomic E-state index is 0.868. The second-order valence-corrected chi connectivity index (χ2v) is 6.30. The Bertz CT molecular complexity index is 953. The highest BCUT2D eigenvalue weighted by atomic mass is 15.1. The molecule has 4 aromatic rings. The van der Waals surface area contributed by atoms with Gasteiger partial charge in [0.2, 0.25) is 0 Å². The fourth-order valence-electron chi connectivity index (χ4n) is 2.92. The molecule has 0 aliphatic rings. The zero-order valence-electron chi connectivity index (χ0n) is 17.0. The number of aryl methyl sites for hydroxylation is 2. The molecule has 0 saturated carbocycles. The lowest BCUT2D eigenvalue weighted by molar-refractivity contribution is 0.753. The van der Waals surface area contributed by atoms with Gasteiger partial charge in [-0.2, -0.15) is 0 Å². The number of imidazole rings is 1. The monoisotopic (exact) mass is 374 g/mol. The topological polar surface area (TPSA) is 69.9 Å². The second kappa shape index (κ2) is 10.9. The summed E-state index contributed by atoms with van der Waals surface area (Å²) in [5, 5.41) is 0. The molecular formula is C24H30N4. The van der Waals surface area contributed by atoms with Crippen LogP contribution in [0.1, 0.15) is 23.9 Å². The van der Waals surface area contributed by atoms with E-state index in [2.05, 4.69) is 65.8 Å². The van der Waals surface area contributed by atoms with E-state index in [1.54, 1.807) is 0 Å². The number of hydrogen-bond donors (Lipinski definition) is 2. The van der Waals surface area contributed by atoms with Crippen LogP contribution in [0.3, 0.4) is 0 Å². The first-order valence-corrected chi connectivity index (χ1v) is 9.56. The largest absolute Gasteiger partial charge is 0.399 e. The lowest BCUT2D eigenvalue weighted by atomic mass is 10.2. The standard InChI is InChI=1S/C16H16N2.C7H9N.CH5N/c1-2-16-17-14-10-6-7-11-15(14)18(16)12-13-8-4-3-5-9-13;1-6-4-2-3-5-7(6)8;1-2/h3-11H,2,12H2,1H3;2-5H,8H2,1H3;2H2,1H3. The average molecular weight is 375 g/mol. The maximum atomic E-state index is 5.52. The van der Waals surface area contributed by atoms with E-state index in [1.165, 1.54) is 18.1 Å². The zero-order chi connectivity index (χ0) is 20.4. The van der Waals surface area contributed by atoms with Gasteiger partial charge in [-0.3, -0.25) is 0 Å². The van der Waals surface area contributed by atoms with Crippen LogP contribution >= 0.6 is 0 Å². The van der Waals surface area contributed by atoms with Crippen molar-refractivity contribution in [2.75, 3.05) is 12.8 Å². The first-order valence-electron chi connectivity index (χ1n) is 9.56. The molecule has 3 aromatic carbocycles. The van der Waals surface area contributed by atoms with Crippen LogP contribution in [-0.2, 0) is 13.0 Å². The molecule has 0 amide bonds. The molecule has 1 aromatic heterocycles. The van der Waals surface area contributed by atoms with Crippen molar-refractivity contribution in [3.8, 4) is 0 Å². The van der Waals surface area contributed by atoms with Gasteiger partial charge in [0.15, 0.2) is 0 Å². The van der Waals surface area contributed by atoms with Gasteiger partial charge in [0.1, 0.15) is 5.82 Å². The van der Waals surface area contributed by atoms with E-state index in [-0.39, 0.29) is 0 Å². The fraction of sp³-hybridized carbons (Fsp3) is 0.208. The fourth-order valence-corrected chi connectivity index (χ4v) is 2.92. The first kappa shape index (κ1) is 21.2. The van der Waals surface area contributed by atoms with Gasteiger partial charge in [0.25, 0.3) is 0 Å². The third kappa shape index (κ3) is 5.44. The molecule has 1 heterocycles. The Hall–Kier alpha value is -3.11. The summed E-state index contributed by atoms with van der Waals surface area (Å²) in [5.74, 6) is 1.15. The lowest BCUT2D eigenvalue weighted by Crippen LogP contribution is -2.04. The Balaban J connectivity index is 0.000000236. The summed E-state index contributed by atoms with van der Waals surface area (Å²) in [4.78, 5) is 4.69. The van der Waals surface area contributed by atoms with Crippen molar-refractivity contribution in [1.29, 1.82) is 0 Å². The van der Waals surface area contributed by atoms with Crippen LogP contribution in [0.4, 0.5) is 5.69 Å². The van der Waals surface area contributed by atoms with E-state index in [0.29, 0.717) is 0 Å². The van der Waals surface area contributed by atoms with Crippen LogP contribution in [0, 0.1) is 6.92 Å². The van der Waals surface area contributed by atoms with Crippen LogP contribution in [0.5, 0.6) is 0 Å². The summed E-state index contributed by atoms with van der Waals surface area (Å²) >= 11 is 0. The number of nitrogen functional groups attached to an aromatic ring is 1. The van der Waals surface area contributed by atoms with Crippen molar-refractivity contribution in [2.45, 2.75) is 26.8 Å². The molecule has 146 valence electrons. The van der Waals surface area contributed by atoms with Gasteiger partial charge in [0.05, 0.1) is 11.0 Å². The SMILES string of the molecule is CCc1nc2ccccc2n1Cc1ccccc1.CN.Cc1ccccc1N. The molecule has 0 bridgehead atoms. The Morgan fingerprint density at radius 1 is 0.821 bits per heavy atom. The molecule has 0 aliphatic heterocycles. The summed E-state index contributed by atoms with van der Waals surface area (Å²) in [6.07, 6.45) is 0.960. The highest BCUT2D eigenvalue weighted by molar-refractivity contribution is 5.76. The predicted molar refractivity (Wildman–Crippen MR) is 120 cm³/mol. The van der Waals surface area contributed by atoms with Gasteiger partial charge in [-0.1, -0.05) is 67.6 Å². The van der Waals surface area contributed by atoms with Crippen LogP contribution in [-0.4, -0.2) is 16.6 Å². The number of para-hydroxylation sites is 3. The molecule has 4 heteroatoms. The molecule has 4 nitrogen and oxygen atoms in total. The number of rotatable bonds is 3. The average Bonchev–Trinajstić information content (AvgIpc) is 3.11. The zero-order valence-corrected chi connectivity index (χ0v) is 17.0. The summed E-state index contributed by atoms with van der Waals surface area (Å²) < 4.78 is 2.31. The van der Waals surface area contributed by atoms with Gasteiger partial charge in [-0.25, -0.2) is 4.98 Å². The summed E-state index contributed by atoms with van der Waals surface area (Å²) in [6, 6.07) is 26.7. The first-order chi connectivity index (χ1) is 13.7. The molecule has 0 spiro atoms. The molecule has 0 aliphatic carbocycles. The summed E-state index contributed by atoms with van der Waals surface area (Å²) in [6.45, 7) is 5.04. The quantitative estimate of drug-likeness (QED) is 0.506. The van der Waals surface area contributed by atoms with Crippen LogP contribution < -0.4 is 11.5 Å². The van der Waals surface area contributed by atoms with E-state index in [4.69, 9.17) is 10.7 Å².